The van der Waals surface area contributed by atoms with E-state index in [0.717, 1.165) is 3.57 Å². The normalized spacial score (nSPS) is 20.1. The molecule has 0 aliphatic carbocycles. The van der Waals surface area contributed by atoms with E-state index in [1.54, 1.807) is 18.2 Å². The number of amides is 1. The summed E-state index contributed by atoms with van der Waals surface area (Å²) in [6.07, 6.45) is 0.0435. The molecular formula is C11H10ClFINO3S. The van der Waals surface area contributed by atoms with Crippen molar-refractivity contribution in [2.75, 3.05) is 17.2 Å². The van der Waals surface area contributed by atoms with E-state index in [2.05, 4.69) is 22.6 Å². The quantitative estimate of drug-likeness (QED) is 0.561. The molecule has 1 unspecified atom stereocenters. The first kappa shape index (κ1) is 15.0. The molecule has 0 aromatic heterocycles. The fraction of sp³-hybridized carbons (Fsp3) is 0.364. The molecule has 0 bridgehead atoms. The Labute approximate surface area is 129 Å². The summed E-state index contributed by atoms with van der Waals surface area (Å²) in [7, 11) is -4.56. The van der Waals surface area contributed by atoms with Gasteiger partial charge in [-0.1, -0.05) is 11.6 Å². The van der Waals surface area contributed by atoms with Crippen LogP contribution in [0.1, 0.15) is 6.42 Å². The fourth-order valence-electron chi connectivity index (χ4n) is 2.11. The first-order valence-electron chi connectivity index (χ1n) is 5.44. The predicted octanol–water partition coefficient (Wildman–Crippen LogP) is 2.60. The molecule has 1 aromatic carbocycles. The maximum absolute atomic E-state index is 12.7. The lowest BCUT2D eigenvalue weighted by molar-refractivity contribution is -0.117. The zero-order valence-corrected chi connectivity index (χ0v) is 13.4. The van der Waals surface area contributed by atoms with E-state index in [9.17, 15) is 17.1 Å². The van der Waals surface area contributed by atoms with Crippen molar-refractivity contribution in [3.05, 3.63) is 26.8 Å². The molecule has 1 aliphatic heterocycles. The van der Waals surface area contributed by atoms with Gasteiger partial charge in [0.15, 0.2) is 0 Å². The van der Waals surface area contributed by atoms with Crippen LogP contribution < -0.4 is 4.90 Å². The number of hydrogen-bond donors (Lipinski definition) is 0. The fourth-order valence-corrected chi connectivity index (χ4v) is 4.06. The number of carbonyl (C=O) groups excluding carboxylic acids is 1. The summed E-state index contributed by atoms with van der Waals surface area (Å²) in [4.78, 5) is 13.4. The molecule has 8 heteroatoms. The van der Waals surface area contributed by atoms with Gasteiger partial charge in [-0.25, -0.2) is 0 Å². The third kappa shape index (κ3) is 3.79. The molecular weight excluding hydrogens is 408 g/mol. The standard InChI is InChI=1S/C11H10ClFINO3S/c12-8-1-2-10(9(14)4-8)15-5-7(3-11(15)16)6-19(13,17)18/h1-2,4,7H,3,5-6H2. The van der Waals surface area contributed by atoms with Crippen molar-refractivity contribution in [2.45, 2.75) is 6.42 Å². The molecule has 1 amide bonds. The average molecular weight is 418 g/mol. The molecule has 0 saturated carbocycles. The first-order chi connectivity index (χ1) is 8.76. The summed E-state index contributed by atoms with van der Waals surface area (Å²) >= 11 is 7.89. The summed E-state index contributed by atoms with van der Waals surface area (Å²) in [5, 5.41) is 0.558. The van der Waals surface area contributed by atoms with Crippen molar-refractivity contribution in [2.24, 2.45) is 5.92 Å². The molecule has 104 valence electrons. The number of benzene rings is 1. The SMILES string of the molecule is O=C1CC(CS(=O)(=O)F)CN1c1ccc(Cl)cc1I. The van der Waals surface area contributed by atoms with Crippen LogP contribution >= 0.6 is 34.2 Å². The van der Waals surface area contributed by atoms with E-state index in [-0.39, 0.29) is 18.9 Å². The van der Waals surface area contributed by atoms with Gasteiger partial charge in [0.05, 0.1) is 11.4 Å². The highest BCUT2D eigenvalue weighted by Gasteiger charge is 2.34. The molecule has 0 radical (unpaired) electrons. The summed E-state index contributed by atoms with van der Waals surface area (Å²) in [5.74, 6) is -1.32. The Morgan fingerprint density at radius 1 is 1.47 bits per heavy atom. The van der Waals surface area contributed by atoms with Crippen molar-refractivity contribution in [3.63, 3.8) is 0 Å². The predicted molar refractivity (Wildman–Crippen MR) is 79.5 cm³/mol. The van der Waals surface area contributed by atoms with E-state index in [4.69, 9.17) is 11.6 Å². The Hall–Kier alpha value is -0.410. The molecule has 1 atom stereocenters. The van der Waals surface area contributed by atoms with Gasteiger partial charge in [-0.3, -0.25) is 4.79 Å². The van der Waals surface area contributed by atoms with Gasteiger partial charge in [0.25, 0.3) is 0 Å². The first-order valence-corrected chi connectivity index (χ1v) is 8.45. The van der Waals surface area contributed by atoms with Crippen molar-refractivity contribution in [1.82, 2.24) is 0 Å². The van der Waals surface area contributed by atoms with Crippen LogP contribution in [0.15, 0.2) is 18.2 Å². The lowest BCUT2D eigenvalue weighted by Gasteiger charge is -2.18. The smallest absolute Gasteiger partial charge is 0.302 e. The number of nitrogens with zero attached hydrogens (tertiary/aromatic N) is 1. The van der Waals surface area contributed by atoms with Gasteiger partial charge in [-0.05, 0) is 40.8 Å². The highest BCUT2D eigenvalue weighted by molar-refractivity contribution is 14.1. The largest absolute Gasteiger partial charge is 0.311 e. The minimum atomic E-state index is -4.56. The Balaban J connectivity index is 2.20. The number of hydrogen-bond acceptors (Lipinski definition) is 3. The van der Waals surface area contributed by atoms with E-state index in [1.165, 1.54) is 4.90 Å². The van der Waals surface area contributed by atoms with Gasteiger partial charge >= 0.3 is 10.2 Å². The number of anilines is 1. The Kier molecular flexibility index (Phi) is 4.36. The zero-order chi connectivity index (χ0) is 14.2. The van der Waals surface area contributed by atoms with Gasteiger partial charge < -0.3 is 4.90 Å². The van der Waals surface area contributed by atoms with Gasteiger partial charge in [0.1, 0.15) is 0 Å². The van der Waals surface area contributed by atoms with Crippen LogP contribution in [0.5, 0.6) is 0 Å². The second kappa shape index (κ2) is 5.53. The van der Waals surface area contributed by atoms with Crippen molar-refractivity contribution in [1.29, 1.82) is 0 Å². The minimum absolute atomic E-state index is 0.0435. The highest BCUT2D eigenvalue weighted by atomic mass is 127. The van der Waals surface area contributed by atoms with Crippen LogP contribution in [-0.2, 0) is 15.0 Å². The van der Waals surface area contributed by atoms with Crippen LogP contribution in [0, 0.1) is 9.49 Å². The summed E-state index contributed by atoms with van der Waals surface area (Å²) in [6, 6.07) is 5.07. The number of halogens is 3. The molecule has 2 rings (SSSR count). The van der Waals surface area contributed by atoms with E-state index in [0.29, 0.717) is 10.7 Å². The minimum Gasteiger partial charge on any atom is -0.311 e. The Morgan fingerprint density at radius 3 is 2.74 bits per heavy atom. The van der Waals surface area contributed by atoms with Gasteiger partial charge in [-0.15, -0.1) is 3.89 Å². The molecule has 1 aliphatic rings. The lowest BCUT2D eigenvalue weighted by atomic mass is 10.1. The topological polar surface area (TPSA) is 54.5 Å². The third-order valence-corrected chi connectivity index (χ3v) is 4.81. The van der Waals surface area contributed by atoms with E-state index < -0.39 is 21.9 Å². The molecule has 4 nitrogen and oxygen atoms in total. The van der Waals surface area contributed by atoms with Crippen LogP contribution in [0.4, 0.5) is 9.57 Å². The monoisotopic (exact) mass is 417 g/mol. The van der Waals surface area contributed by atoms with Gasteiger partial charge in [-0.2, -0.15) is 8.42 Å². The van der Waals surface area contributed by atoms with Crippen molar-refractivity contribution in [3.8, 4) is 0 Å². The summed E-state index contributed by atoms with van der Waals surface area (Å²) in [5.41, 5.74) is 0.675. The lowest BCUT2D eigenvalue weighted by Crippen LogP contribution is -2.26. The molecule has 1 fully saturated rings. The number of carbonyl (C=O) groups is 1. The second-order valence-corrected chi connectivity index (χ2v) is 7.39. The van der Waals surface area contributed by atoms with E-state index >= 15 is 0 Å². The van der Waals surface area contributed by atoms with Crippen molar-refractivity contribution < 1.29 is 17.1 Å². The maximum atomic E-state index is 12.7. The molecule has 19 heavy (non-hydrogen) atoms. The van der Waals surface area contributed by atoms with Gasteiger partial charge in [0, 0.05) is 27.5 Å². The molecule has 1 heterocycles. The molecule has 1 saturated heterocycles. The maximum Gasteiger partial charge on any atom is 0.302 e. The molecule has 0 spiro atoms. The van der Waals surface area contributed by atoms with Crippen LogP contribution in [0.25, 0.3) is 0 Å². The van der Waals surface area contributed by atoms with Crippen LogP contribution in [0.3, 0.4) is 0 Å². The Morgan fingerprint density at radius 2 is 2.16 bits per heavy atom. The average Bonchev–Trinajstić information content (AvgIpc) is 2.56. The molecule has 0 N–H and O–H groups in total. The van der Waals surface area contributed by atoms with Crippen molar-refractivity contribution >= 4 is 56.0 Å². The van der Waals surface area contributed by atoms with Gasteiger partial charge in [0.2, 0.25) is 5.91 Å². The van der Waals surface area contributed by atoms with E-state index in [1.807, 2.05) is 0 Å². The summed E-state index contributed by atoms with van der Waals surface area (Å²) < 4.78 is 34.7. The third-order valence-electron chi connectivity index (χ3n) is 2.84. The number of rotatable bonds is 3. The Bertz CT molecular complexity index is 622. The zero-order valence-electron chi connectivity index (χ0n) is 9.64. The molecule has 1 aromatic rings. The summed E-state index contributed by atoms with van der Waals surface area (Å²) in [6.45, 7) is 0.208. The highest BCUT2D eigenvalue weighted by Crippen LogP contribution is 2.31. The van der Waals surface area contributed by atoms with Crippen LogP contribution in [0.2, 0.25) is 5.02 Å². The van der Waals surface area contributed by atoms with Crippen LogP contribution in [-0.4, -0.2) is 26.6 Å². The second-order valence-electron chi connectivity index (χ2n) is 4.38.